The van der Waals surface area contributed by atoms with Crippen molar-refractivity contribution in [3.8, 4) is 5.75 Å². The Hall–Kier alpha value is -2.10. The summed E-state index contributed by atoms with van der Waals surface area (Å²) in [5.41, 5.74) is 2.56. The van der Waals surface area contributed by atoms with Gasteiger partial charge >= 0.3 is 0 Å². The van der Waals surface area contributed by atoms with E-state index in [0.717, 1.165) is 17.9 Å². The Morgan fingerprint density at radius 2 is 2.16 bits per heavy atom. The highest BCUT2D eigenvalue weighted by atomic mass is 16.5. The van der Waals surface area contributed by atoms with Crippen LogP contribution in [0.5, 0.6) is 5.75 Å². The van der Waals surface area contributed by atoms with Crippen LogP contribution in [0, 0.1) is 6.92 Å². The zero-order valence-corrected chi connectivity index (χ0v) is 11.5. The van der Waals surface area contributed by atoms with E-state index in [0.29, 0.717) is 17.7 Å². The molecule has 19 heavy (non-hydrogen) atoms. The first-order valence-corrected chi connectivity index (χ1v) is 6.34. The quantitative estimate of drug-likeness (QED) is 0.774. The Bertz CT molecular complexity index is 588. The van der Waals surface area contributed by atoms with Crippen molar-refractivity contribution in [2.24, 2.45) is 0 Å². The molecular formula is C15H18N2O2. The van der Waals surface area contributed by atoms with Crippen molar-refractivity contribution in [1.82, 2.24) is 9.78 Å². The Morgan fingerprint density at radius 1 is 1.37 bits per heavy atom. The zero-order chi connectivity index (χ0) is 13.8. The van der Waals surface area contributed by atoms with E-state index in [-0.39, 0.29) is 5.78 Å². The van der Waals surface area contributed by atoms with Crippen molar-refractivity contribution in [2.45, 2.75) is 26.8 Å². The molecule has 1 aromatic carbocycles. The first kappa shape index (κ1) is 13.3. The fraction of sp³-hybridized carbons (Fsp3) is 0.333. The molecule has 1 heterocycles. The number of ketones is 1. The van der Waals surface area contributed by atoms with Crippen LogP contribution in [-0.2, 0) is 13.0 Å². The van der Waals surface area contributed by atoms with E-state index >= 15 is 0 Å². The minimum atomic E-state index is 0.0773. The number of nitrogens with zero attached hydrogens (tertiary/aromatic N) is 2. The van der Waals surface area contributed by atoms with Crippen LogP contribution in [0.3, 0.4) is 0 Å². The summed E-state index contributed by atoms with van der Waals surface area (Å²) in [6, 6.07) is 9.19. The molecule has 0 unspecified atom stereocenters. The van der Waals surface area contributed by atoms with Gasteiger partial charge in [-0.2, -0.15) is 5.10 Å². The van der Waals surface area contributed by atoms with E-state index in [1.165, 1.54) is 0 Å². The number of carbonyl (C=O) groups excluding carboxylic acids is 1. The normalized spacial score (nSPS) is 10.5. The molecule has 100 valence electrons. The molecule has 0 saturated carbocycles. The minimum absolute atomic E-state index is 0.0773. The molecule has 1 aromatic heterocycles. The lowest BCUT2D eigenvalue weighted by molar-refractivity contribution is 0.0990. The lowest BCUT2D eigenvalue weighted by Crippen LogP contribution is -2.09. The second-order valence-corrected chi connectivity index (χ2v) is 4.42. The van der Waals surface area contributed by atoms with Crippen LogP contribution in [0.15, 0.2) is 30.3 Å². The van der Waals surface area contributed by atoms with Gasteiger partial charge in [0.1, 0.15) is 5.75 Å². The topological polar surface area (TPSA) is 44.1 Å². The second kappa shape index (κ2) is 5.69. The van der Waals surface area contributed by atoms with Gasteiger partial charge in [-0.3, -0.25) is 9.48 Å². The maximum absolute atomic E-state index is 12.3. The van der Waals surface area contributed by atoms with Gasteiger partial charge in [0, 0.05) is 17.8 Å². The standard InChI is InChI=1S/C15H18N2O2/c1-4-17-13(8-11(2)16-17)10-15(18)12-6-5-7-14(9-12)19-3/h5-9H,4,10H2,1-3H3. The number of aryl methyl sites for hydroxylation is 2. The average molecular weight is 258 g/mol. The maximum atomic E-state index is 12.3. The number of ether oxygens (including phenoxy) is 1. The SMILES string of the molecule is CCn1nc(C)cc1CC(=O)c1cccc(OC)c1. The van der Waals surface area contributed by atoms with E-state index in [4.69, 9.17) is 4.74 Å². The molecule has 2 aromatic rings. The van der Waals surface area contributed by atoms with E-state index < -0.39 is 0 Å². The highest BCUT2D eigenvalue weighted by Crippen LogP contribution is 2.15. The lowest BCUT2D eigenvalue weighted by atomic mass is 10.1. The van der Waals surface area contributed by atoms with Crippen LogP contribution < -0.4 is 4.74 Å². The van der Waals surface area contributed by atoms with Gasteiger partial charge in [0.15, 0.2) is 5.78 Å². The van der Waals surface area contributed by atoms with Gasteiger partial charge in [0.05, 0.1) is 19.2 Å². The molecule has 4 nitrogen and oxygen atoms in total. The Balaban J connectivity index is 2.20. The van der Waals surface area contributed by atoms with Crippen LogP contribution in [0.4, 0.5) is 0 Å². The molecule has 0 bridgehead atoms. The number of aromatic nitrogens is 2. The fourth-order valence-corrected chi connectivity index (χ4v) is 2.08. The highest BCUT2D eigenvalue weighted by Gasteiger charge is 2.12. The molecule has 0 aliphatic heterocycles. The van der Waals surface area contributed by atoms with Crippen molar-refractivity contribution < 1.29 is 9.53 Å². The molecule has 0 spiro atoms. The average Bonchev–Trinajstić information content (AvgIpc) is 2.78. The molecule has 0 aliphatic carbocycles. The summed E-state index contributed by atoms with van der Waals surface area (Å²) in [5, 5.41) is 4.35. The van der Waals surface area contributed by atoms with Crippen molar-refractivity contribution in [1.29, 1.82) is 0 Å². The summed E-state index contributed by atoms with van der Waals surface area (Å²) in [4.78, 5) is 12.3. The third kappa shape index (κ3) is 3.02. The second-order valence-electron chi connectivity index (χ2n) is 4.42. The van der Waals surface area contributed by atoms with Gasteiger partial charge in [-0.1, -0.05) is 12.1 Å². The third-order valence-corrected chi connectivity index (χ3v) is 3.02. The largest absolute Gasteiger partial charge is 0.497 e. The molecule has 2 rings (SSSR count). The van der Waals surface area contributed by atoms with Crippen LogP contribution >= 0.6 is 0 Å². The lowest BCUT2D eigenvalue weighted by Gasteiger charge is -2.05. The first-order chi connectivity index (χ1) is 9.13. The molecule has 4 heteroatoms. The molecule has 0 atom stereocenters. The van der Waals surface area contributed by atoms with Gasteiger partial charge in [0.25, 0.3) is 0 Å². The van der Waals surface area contributed by atoms with Crippen LogP contribution in [0.2, 0.25) is 0 Å². The Kier molecular flexibility index (Phi) is 4.00. The number of hydrogen-bond acceptors (Lipinski definition) is 3. The van der Waals surface area contributed by atoms with Crippen molar-refractivity contribution in [3.63, 3.8) is 0 Å². The number of hydrogen-bond donors (Lipinski definition) is 0. The van der Waals surface area contributed by atoms with Crippen molar-refractivity contribution in [3.05, 3.63) is 47.3 Å². The highest BCUT2D eigenvalue weighted by molar-refractivity contribution is 5.97. The van der Waals surface area contributed by atoms with E-state index in [1.807, 2.05) is 42.8 Å². The number of benzene rings is 1. The van der Waals surface area contributed by atoms with E-state index in [9.17, 15) is 4.79 Å². The van der Waals surface area contributed by atoms with Crippen molar-refractivity contribution in [2.75, 3.05) is 7.11 Å². The number of Topliss-reactive ketones (excluding diaryl/α,β-unsaturated/α-hetero) is 1. The van der Waals surface area contributed by atoms with Crippen LogP contribution in [0.1, 0.15) is 28.7 Å². The minimum Gasteiger partial charge on any atom is -0.497 e. The summed E-state index contributed by atoms with van der Waals surface area (Å²) in [5.74, 6) is 0.777. The maximum Gasteiger partial charge on any atom is 0.168 e. The smallest absolute Gasteiger partial charge is 0.168 e. The molecule has 0 fully saturated rings. The first-order valence-electron chi connectivity index (χ1n) is 6.34. The van der Waals surface area contributed by atoms with Crippen molar-refractivity contribution >= 4 is 5.78 Å². The molecular weight excluding hydrogens is 240 g/mol. The zero-order valence-electron chi connectivity index (χ0n) is 11.5. The molecule has 0 radical (unpaired) electrons. The fourth-order valence-electron chi connectivity index (χ4n) is 2.08. The summed E-state index contributed by atoms with van der Waals surface area (Å²) >= 11 is 0. The van der Waals surface area contributed by atoms with Gasteiger partial charge in [-0.15, -0.1) is 0 Å². The monoisotopic (exact) mass is 258 g/mol. The predicted molar refractivity (Wildman–Crippen MR) is 73.7 cm³/mol. The molecule has 0 aliphatic rings. The summed E-state index contributed by atoms with van der Waals surface area (Å²) in [6.45, 7) is 4.73. The third-order valence-electron chi connectivity index (χ3n) is 3.02. The summed E-state index contributed by atoms with van der Waals surface area (Å²) in [6.07, 6.45) is 0.363. The van der Waals surface area contributed by atoms with Gasteiger partial charge in [-0.05, 0) is 32.0 Å². The molecule has 0 amide bonds. The van der Waals surface area contributed by atoms with E-state index in [1.54, 1.807) is 13.2 Å². The van der Waals surface area contributed by atoms with Gasteiger partial charge in [-0.25, -0.2) is 0 Å². The van der Waals surface area contributed by atoms with Crippen LogP contribution in [-0.4, -0.2) is 22.7 Å². The van der Waals surface area contributed by atoms with Crippen LogP contribution in [0.25, 0.3) is 0 Å². The number of methoxy groups -OCH3 is 1. The summed E-state index contributed by atoms with van der Waals surface area (Å²) in [7, 11) is 1.60. The molecule has 0 saturated heterocycles. The number of rotatable bonds is 5. The number of carbonyl (C=O) groups is 1. The van der Waals surface area contributed by atoms with E-state index in [2.05, 4.69) is 5.10 Å². The summed E-state index contributed by atoms with van der Waals surface area (Å²) < 4.78 is 7.00. The Morgan fingerprint density at radius 3 is 2.84 bits per heavy atom. The molecule has 0 N–H and O–H groups in total. The predicted octanol–water partition coefficient (Wildman–Crippen LogP) is 2.65. The van der Waals surface area contributed by atoms with Gasteiger partial charge < -0.3 is 4.74 Å². The van der Waals surface area contributed by atoms with Gasteiger partial charge in [0.2, 0.25) is 0 Å². The Labute approximate surface area is 113 Å².